The van der Waals surface area contributed by atoms with E-state index < -0.39 is 0 Å². The number of benzene rings is 1. The van der Waals surface area contributed by atoms with Gasteiger partial charge in [0.2, 0.25) is 0 Å². The molecule has 0 N–H and O–H groups in total. The molecule has 0 spiro atoms. The van der Waals surface area contributed by atoms with E-state index in [4.69, 9.17) is 10.00 Å². The summed E-state index contributed by atoms with van der Waals surface area (Å²) < 4.78 is 5.73. The average Bonchev–Trinajstić information content (AvgIpc) is 2.45. The number of nitrogens with zero attached hydrogens (tertiary/aromatic N) is 2. The van der Waals surface area contributed by atoms with Gasteiger partial charge in [0.1, 0.15) is 11.8 Å². The summed E-state index contributed by atoms with van der Waals surface area (Å²) in [5.41, 5.74) is 0.624. The predicted molar refractivity (Wildman–Crippen MR) is 80.8 cm³/mol. The van der Waals surface area contributed by atoms with Gasteiger partial charge in [-0.3, -0.25) is 0 Å². The molecule has 1 aromatic rings. The second kappa shape index (κ2) is 8.60. The molecule has 1 fully saturated rings. The minimum atomic E-state index is 0.624. The number of nitriles is 1. The first-order valence-corrected chi connectivity index (χ1v) is 7.74. The van der Waals surface area contributed by atoms with Gasteiger partial charge < -0.3 is 9.64 Å². The fourth-order valence-electron chi connectivity index (χ4n) is 2.69. The number of likely N-dealkylation sites (tertiary alicyclic amines) is 1. The van der Waals surface area contributed by atoms with Crippen molar-refractivity contribution in [3.63, 3.8) is 0 Å². The van der Waals surface area contributed by atoms with Crippen molar-refractivity contribution >= 4 is 0 Å². The van der Waals surface area contributed by atoms with Gasteiger partial charge in [-0.1, -0.05) is 31.4 Å². The van der Waals surface area contributed by atoms with E-state index in [9.17, 15) is 0 Å². The Kier molecular flexibility index (Phi) is 6.40. The van der Waals surface area contributed by atoms with E-state index in [0.717, 1.165) is 13.0 Å². The maximum atomic E-state index is 9.00. The van der Waals surface area contributed by atoms with E-state index in [2.05, 4.69) is 11.0 Å². The van der Waals surface area contributed by atoms with Crippen LogP contribution in [0.25, 0.3) is 0 Å². The lowest BCUT2D eigenvalue weighted by atomic mass is 10.1. The Balaban J connectivity index is 1.69. The molecule has 20 heavy (non-hydrogen) atoms. The first-order valence-electron chi connectivity index (χ1n) is 7.74. The molecule has 3 nitrogen and oxygen atoms in total. The molecule has 0 amide bonds. The second-order valence-electron chi connectivity index (χ2n) is 5.42. The van der Waals surface area contributed by atoms with Gasteiger partial charge in [-0.05, 0) is 44.5 Å². The zero-order valence-electron chi connectivity index (χ0n) is 12.2. The van der Waals surface area contributed by atoms with Gasteiger partial charge in [-0.2, -0.15) is 5.26 Å². The highest BCUT2D eigenvalue weighted by Gasteiger charge is 2.08. The largest absolute Gasteiger partial charge is 0.492 e. The van der Waals surface area contributed by atoms with Crippen LogP contribution in [-0.2, 0) is 0 Å². The minimum Gasteiger partial charge on any atom is -0.492 e. The highest BCUT2D eigenvalue weighted by atomic mass is 16.5. The SMILES string of the molecule is N#Cc1ccccc1OCCCN1CCCCCCC1. The Bertz CT molecular complexity index is 431. The van der Waals surface area contributed by atoms with Gasteiger partial charge in [0.05, 0.1) is 12.2 Å². The van der Waals surface area contributed by atoms with Gasteiger partial charge in [0, 0.05) is 6.54 Å². The molecule has 0 bridgehead atoms. The molecule has 108 valence electrons. The van der Waals surface area contributed by atoms with Gasteiger partial charge >= 0.3 is 0 Å². The lowest BCUT2D eigenvalue weighted by Crippen LogP contribution is -2.29. The maximum absolute atomic E-state index is 9.00. The Hall–Kier alpha value is -1.53. The van der Waals surface area contributed by atoms with Crippen molar-refractivity contribution in [3.8, 4) is 11.8 Å². The molecule has 1 aromatic carbocycles. The normalized spacial score (nSPS) is 16.9. The average molecular weight is 272 g/mol. The van der Waals surface area contributed by atoms with Crippen LogP contribution in [0.1, 0.15) is 44.1 Å². The van der Waals surface area contributed by atoms with Gasteiger partial charge in [-0.25, -0.2) is 0 Å². The molecule has 1 aliphatic rings. The third kappa shape index (κ3) is 4.86. The van der Waals surface area contributed by atoms with Crippen molar-refractivity contribution < 1.29 is 4.74 Å². The fourth-order valence-corrected chi connectivity index (χ4v) is 2.69. The molecular formula is C17H24N2O. The summed E-state index contributed by atoms with van der Waals surface area (Å²) in [6.45, 7) is 4.26. The molecule has 2 rings (SSSR count). The number of para-hydroxylation sites is 1. The van der Waals surface area contributed by atoms with E-state index in [1.165, 1.54) is 45.2 Å². The van der Waals surface area contributed by atoms with Crippen LogP contribution >= 0.6 is 0 Å². The van der Waals surface area contributed by atoms with E-state index >= 15 is 0 Å². The summed E-state index contributed by atoms with van der Waals surface area (Å²) >= 11 is 0. The summed E-state index contributed by atoms with van der Waals surface area (Å²) in [6, 6.07) is 9.61. The summed E-state index contributed by atoms with van der Waals surface area (Å²) in [5.74, 6) is 0.711. The molecule has 3 heteroatoms. The molecule has 1 saturated heterocycles. The van der Waals surface area contributed by atoms with Crippen molar-refractivity contribution in [2.75, 3.05) is 26.2 Å². The van der Waals surface area contributed by atoms with Crippen molar-refractivity contribution in [1.82, 2.24) is 4.90 Å². The van der Waals surface area contributed by atoms with E-state index in [1.54, 1.807) is 6.07 Å². The van der Waals surface area contributed by atoms with Crippen molar-refractivity contribution in [1.29, 1.82) is 5.26 Å². The van der Waals surface area contributed by atoms with Crippen LogP contribution in [0, 0.1) is 11.3 Å². The number of hydrogen-bond acceptors (Lipinski definition) is 3. The van der Waals surface area contributed by atoms with E-state index in [0.29, 0.717) is 17.9 Å². The molecule has 1 aliphatic heterocycles. The first-order chi connectivity index (χ1) is 9.90. The molecule has 0 atom stereocenters. The molecule has 0 radical (unpaired) electrons. The van der Waals surface area contributed by atoms with Crippen LogP contribution in [-0.4, -0.2) is 31.1 Å². The Morgan fingerprint density at radius 1 is 1.05 bits per heavy atom. The highest BCUT2D eigenvalue weighted by Crippen LogP contribution is 2.17. The summed E-state index contributed by atoms with van der Waals surface area (Å²) in [6.07, 6.45) is 7.85. The van der Waals surface area contributed by atoms with E-state index in [-0.39, 0.29) is 0 Å². The van der Waals surface area contributed by atoms with Crippen molar-refractivity contribution in [2.24, 2.45) is 0 Å². The van der Waals surface area contributed by atoms with Gasteiger partial charge in [-0.15, -0.1) is 0 Å². The fraction of sp³-hybridized carbons (Fsp3) is 0.588. The summed E-state index contributed by atoms with van der Waals surface area (Å²) in [5, 5.41) is 9.00. The molecule has 1 heterocycles. The lowest BCUT2D eigenvalue weighted by Gasteiger charge is -2.24. The molecule has 0 saturated carbocycles. The van der Waals surface area contributed by atoms with Crippen LogP contribution in [0.5, 0.6) is 5.75 Å². The minimum absolute atomic E-state index is 0.624. The third-order valence-corrected chi connectivity index (χ3v) is 3.83. The Morgan fingerprint density at radius 3 is 2.50 bits per heavy atom. The predicted octanol–water partition coefficient (Wildman–Crippen LogP) is 3.59. The van der Waals surface area contributed by atoms with Crippen molar-refractivity contribution in [3.05, 3.63) is 29.8 Å². The first kappa shape index (κ1) is 14.9. The monoisotopic (exact) mass is 272 g/mol. The Morgan fingerprint density at radius 2 is 1.75 bits per heavy atom. The molecular weight excluding hydrogens is 248 g/mol. The molecule has 0 aromatic heterocycles. The number of rotatable bonds is 5. The van der Waals surface area contributed by atoms with Gasteiger partial charge in [0.25, 0.3) is 0 Å². The zero-order chi connectivity index (χ0) is 14.0. The molecule has 0 aliphatic carbocycles. The lowest BCUT2D eigenvalue weighted by molar-refractivity contribution is 0.218. The van der Waals surface area contributed by atoms with Crippen LogP contribution < -0.4 is 4.74 Å². The van der Waals surface area contributed by atoms with E-state index in [1.807, 2.05) is 18.2 Å². The smallest absolute Gasteiger partial charge is 0.137 e. The van der Waals surface area contributed by atoms with Crippen LogP contribution in [0.4, 0.5) is 0 Å². The molecule has 0 unspecified atom stereocenters. The van der Waals surface area contributed by atoms with Gasteiger partial charge in [0.15, 0.2) is 0 Å². The quantitative estimate of drug-likeness (QED) is 0.768. The second-order valence-corrected chi connectivity index (χ2v) is 5.42. The third-order valence-electron chi connectivity index (χ3n) is 3.83. The van der Waals surface area contributed by atoms with Crippen LogP contribution in [0.2, 0.25) is 0 Å². The maximum Gasteiger partial charge on any atom is 0.137 e. The van der Waals surface area contributed by atoms with Crippen molar-refractivity contribution in [2.45, 2.75) is 38.5 Å². The van der Waals surface area contributed by atoms with Crippen LogP contribution in [0.3, 0.4) is 0 Å². The van der Waals surface area contributed by atoms with Crippen LogP contribution in [0.15, 0.2) is 24.3 Å². The highest BCUT2D eigenvalue weighted by molar-refractivity contribution is 5.42. The number of hydrogen-bond donors (Lipinski definition) is 0. The zero-order valence-corrected chi connectivity index (χ0v) is 12.2. The summed E-state index contributed by atoms with van der Waals surface area (Å²) in [7, 11) is 0. The summed E-state index contributed by atoms with van der Waals surface area (Å²) in [4.78, 5) is 2.55. The standard InChI is InChI=1S/C17H24N2O/c18-15-16-9-4-5-10-17(16)20-14-8-13-19-11-6-2-1-3-7-12-19/h4-5,9-10H,1-3,6-8,11-14H2. The topological polar surface area (TPSA) is 36.3 Å². The number of ether oxygens (including phenoxy) is 1. The Labute approximate surface area is 122 Å².